The molecule has 0 bridgehead atoms. The SMILES string of the molecule is CC[C@H]1CC[C@H](C2CC=C(c3cnc(-c4ccc(CN(CC(=O)O)C(=O)c5ccc(NC(=O)Cc6cccc(C(F)(F)F)c6)cc5)cc4)nc3)CC2)CC1. The van der Waals surface area contributed by atoms with Gasteiger partial charge in [0.05, 0.1) is 12.0 Å². The highest BCUT2D eigenvalue weighted by atomic mass is 19.4. The van der Waals surface area contributed by atoms with Gasteiger partial charge in [0.1, 0.15) is 6.54 Å². The number of carboxylic acids is 1. The van der Waals surface area contributed by atoms with E-state index in [1.165, 1.54) is 85.4 Å². The second kappa shape index (κ2) is 17.2. The Kier molecular flexibility index (Phi) is 12.2. The molecule has 1 saturated carbocycles. The molecule has 0 aliphatic heterocycles. The number of rotatable bonds is 12. The number of anilines is 1. The van der Waals surface area contributed by atoms with Gasteiger partial charge in [-0.1, -0.05) is 74.7 Å². The maximum atomic E-state index is 13.4. The number of aromatic nitrogens is 2. The molecule has 6 rings (SSSR count). The molecule has 1 heterocycles. The van der Waals surface area contributed by atoms with Crippen molar-refractivity contribution in [2.24, 2.45) is 17.8 Å². The number of halogens is 3. The first-order valence-corrected chi connectivity index (χ1v) is 18.6. The summed E-state index contributed by atoms with van der Waals surface area (Å²) < 4.78 is 39.1. The van der Waals surface area contributed by atoms with Gasteiger partial charge in [-0.3, -0.25) is 14.4 Å². The molecule has 2 N–H and O–H groups in total. The molecule has 2 aliphatic rings. The number of alkyl halides is 3. The van der Waals surface area contributed by atoms with Crippen LogP contribution in [0.4, 0.5) is 18.9 Å². The molecule has 4 aromatic rings. The standard InChI is InChI=1S/C43H45F3N4O4/c1-2-28-6-10-31(11-7-28)32-14-16-33(17-15-32)36-24-47-41(48-25-36)34-12-8-29(9-13-34)26-50(27-40(52)53)42(54)35-18-20-38(21-19-35)49-39(51)23-30-4-3-5-37(22-30)43(44,45)46/h3-5,8-9,12-13,16,18-22,24-25,28,31-32H,2,6-7,10-11,14-15,17,23,26-27H2,1H3,(H,49,51)(H,52,53)/t28-,31-,32?. The first kappa shape index (κ1) is 38.4. The summed E-state index contributed by atoms with van der Waals surface area (Å²) in [5, 5.41) is 12.2. The van der Waals surface area contributed by atoms with Crippen LogP contribution in [0, 0.1) is 17.8 Å². The molecule has 0 spiro atoms. The van der Waals surface area contributed by atoms with Gasteiger partial charge in [-0.05, 0) is 96.9 Å². The Morgan fingerprint density at radius 3 is 2.17 bits per heavy atom. The lowest BCUT2D eigenvalue weighted by molar-refractivity contribution is -0.138. The molecule has 3 aromatic carbocycles. The third kappa shape index (κ3) is 10.0. The van der Waals surface area contributed by atoms with E-state index in [2.05, 4.69) is 28.3 Å². The lowest BCUT2D eigenvalue weighted by atomic mass is 9.71. The number of carbonyl (C=O) groups is 3. The molecule has 1 aromatic heterocycles. The lowest BCUT2D eigenvalue weighted by Crippen LogP contribution is -2.35. The Bertz CT molecular complexity index is 1950. The zero-order chi connectivity index (χ0) is 38.2. The van der Waals surface area contributed by atoms with Crippen LogP contribution in [0.3, 0.4) is 0 Å². The Balaban J connectivity index is 1.03. The van der Waals surface area contributed by atoms with E-state index < -0.39 is 36.1 Å². The molecule has 282 valence electrons. The van der Waals surface area contributed by atoms with Gasteiger partial charge in [-0.15, -0.1) is 0 Å². The van der Waals surface area contributed by atoms with Crippen LogP contribution in [0.15, 0.2) is 91.3 Å². The van der Waals surface area contributed by atoms with E-state index in [0.29, 0.717) is 17.1 Å². The maximum Gasteiger partial charge on any atom is 0.416 e. The molecule has 0 radical (unpaired) electrons. The van der Waals surface area contributed by atoms with Crippen LogP contribution < -0.4 is 5.32 Å². The van der Waals surface area contributed by atoms with Crippen molar-refractivity contribution in [3.63, 3.8) is 0 Å². The van der Waals surface area contributed by atoms with Crippen molar-refractivity contribution in [3.8, 4) is 11.4 Å². The van der Waals surface area contributed by atoms with Crippen LogP contribution in [0.5, 0.6) is 0 Å². The minimum absolute atomic E-state index is 0.0376. The summed E-state index contributed by atoms with van der Waals surface area (Å²) in [5.74, 6) is 0.910. The smallest absolute Gasteiger partial charge is 0.416 e. The number of amides is 2. The number of carboxylic acid groups (broad SMARTS) is 1. The Morgan fingerprint density at radius 1 is 0.852 bits per heavy atom. The first-order valence-electron chi connectivity index (χ1n) is 18.6. The Morgan fingerprint density at radius 2 is 1.56 bits per heavy atom. The summed E-state index contributed by atoms with van der Waals surface area (Å²) in [4.78, 5) is 48.1. The van der Waals surface area contributed by atoms with Gasteiger partial charge in [-0.2, -0.15) is 13.2 Å². The fourth-order valence-electron chi connectivity index (χ4n) is 7.72. The topological polar surface area (TPSA) is 112 Å². The molecule has 11 heteroatoms. The van der Waals surface area contributed by atoms with Crippen molar-refractivity contribution >= 4 is 29.0 Å². The van der Waals surface area contributed by atoms with Crippen molar-refractivity contribution in [3.05, 3.63) is 119 Å². The predicted octanol–water partition coefficient (Wildman–Crippen LogP) is 9.47. The van der Waals surface area contributed by atoms with Gasteiger partial charge in [0.2, 0.25) is 5.91 Å². The largest absolute Gasteiger partial charge is 0.480 e. The third-order valence-electron chi connectivity index (χ3n) is 10.8. The lowest BCUT2D eigenvalue weighted by Gasteiger charge is -2.35. The summed E-state index contributed by atoms with van der Waals surface area (Å²) in [6.07, 6.45) is 11.6. The molecule has 1 fully saturated rings. The predicted molar refractivity (Wildman–Crippen MR) is 201 cm³/mol. The Labute approximate surface area is 313 Å². The van der Waals surface area contributed by atoms with E-state index in [1.54, 1.807) is 0 Å². The number of hydrogen-bond acceptors (Lipinski definition) is 5. The minimum Gasteiger partial charge on any atom is -0.480 e. The van der Waals surface area contributed by atoms with Crippen LogP contribution in [-0.4, -0.2) is 44.3 Å². The van der Waals surface area contributed by atoms with E-state index in [9.17, 15) is 32.7 Å². The number of benzene rings is 3. The van der Waals surface area contributed by atoms with Gasteiger partial charge in [0, 0.05) is 41.3 Å². The van der Waals surface area contributed by atoms with Crippen molar-refractivity contribution < 1.29 is 32.7 Å². The normalized spacial score (nSPS) is 18.7. The van der Waals surface area contributed by atoms with Crippen LogP contribution in [0.25, 0.3) is 17.0 Å². The maximum absolute atomic E-state index is 13.4. The quantitative estimate of drug-likeness (QED) is 0.150. The van der Waals surface area contributed by atoms with Gasteiger partial charge < -0.3 is 15.3 Å². The van der Waals surface area contributed by atoms with Gasteiger partial charge in [-0.25, -0.2) is 9.97 Å². The monoisotopic (exact) mass is 738 g/mol. The highest BCUT2D eigenvalue weighted by Gasteiger charge is 2.31. The summed E-state index contributed by atoms with van der Waals surface area (Å²) in [6, 6.07) is 17.8. The molecule has 2 amide bonds. The van der Waals surface area contributed by atoms with E-state index >= 15 is 0 Å². The second-order valence-corrected chi connectivity index (χ2v) is 14.5. The van der Waals surface area contributed by atoms with Crippen LogP contribution >= 0.6 is 0 Å². The third-order valence-corrected chi connectivity index (χ3v) is 10.8. The zero-order valence-electron chi connectivity index (χ0n) is 30.3. The molecule has 54 heavy (non-hydrogen) atoms. The summed E-state index contributed by atoms with van der Waals surface area (Å²) in [5.41, 5.74) is 3.79. The molecule has 1 unspecified atom stereocenters. The fourth-order valence-corrected chi connectivity index (χ4v) is 7.72. The van der Waals surface area contributed by atoms with Gasteiger partial charge in [0.25, 0.3) is 5.91 Å². The molecule has 2 aliphatic carbocycles. The number of nitrogens with zero attached hydrogens (tertiary/aromatic N) is 3. The zero-order valence-corrected chi connectivity index (χ0v) is 30.3. The molecule has 0 saturated heterocycles. The number of carbonyl (C=O) groups excluding carboxylic acids is 2. The molecule has 8 nitrogen and oxygen atoms in total. The first-order chi connectivity index (χ1) is 25.9. The van der Waals surface area contributed by atoms with Crippen molar-refractivity contribution in [1.82, 2.24) is 14.9 Å². The van der Waals surface area contributed by atoms with Crippen molar-refractivity contribution in [2.45, 2.75) is 77.4 Å². The average Bonchev–Trinajstić information content (AvgIpc) is 3.18. The minimum atomic E-state index is -4.52. The highest BCUT2D eigenvalue weighted by Crippen LogP contribution is 2.41. The molecular weight excluding hydrogens is 693 g/mol. The molecular formula is C43H45F3N4O4. The summed E-state index contributed by atoms with van der Waals surface area (Å²) in [7, 11) is 0. The van der Waals surface area contributed by atoms with Gasteiger partial charge in [0.15, 0.2) is 5.82 Å². The van der Waals surface area contributed by atoms with E-state index in [-0.39, 0.29) is 24.1 Å². The summed E-state index contributed by atoms with van der Waals surface area (Å²) in [6.45, 7) is 1.82. The van der Waals surface area contributed by atoms with Crippen LogP contribution in [-0.2, 0) is 28.7 Å². The van der Waals surface area contributed by atoms with E-state index in [0.717, 1.165) is 53.9 Å². The Hall–Kier alpha value is -5.32. The second-order valence-electron chi connectivity index (χ2n) is 14.5. The van der Waals surface area contributed by atoms with E-state index in [1.807, 2.05) is 36.7 Å². The average molecular weight is 739 g/mol. The fraction of sp³-hybridized carbons (Fsp3) is 0.372. The van der Waals surface area contributed by atoms with Crippen molar-refractivity contribution in [1.29, 1.82) is 0 Å². The molecule has 1 atom stereocenters. The number of hydrogen-bond donors (Lipinski definition) is 2. The van der Waals surface area contributed by atoms with Crippen LogP contribution in [0.1, 0.15) is 90.9 Å². The number of allylic oxidation sites excluding steroid dienone is 2. The summed E-state index contributed by atoms with van der Waals surface area (Å²) >= 11 is 0. The van der Waals surface area contributed by atoms with Crippen molar-refractivity contribution in [2.75, 3.05) is 11.9 Å². The highest BCUT2D eigenvalue weighted by molar-refractivity contribution is 5.97. The number of nitrogens with one attached hydrogen (secondary N) is 1. The number of aliphatic carboxylic acids is 1. The van der Waals surface area contributed by atoms with Crippen LogP contribution in [0.2, 0.25) is 0 Å². The van der Waals surface area contributed by atoms with Gasteiger partial charge >= 0.3 is 12.1 Å². The van der Waals surface area contributed by atoms with E-state index in [4.69, 9.17) is 0 Å².